The van der Waals surface area contributed by atoms with Gasteiger partial charge in [0.05, 0.1) is 12.1 Å². The topological polar surface area (TPSA) is 81.1 Å². The van der Waals surface area contributed by atoms with Gasteiger partial charge in [0.15, 0.2) is 0 Å². The Kier molecular flexibility index (Phi) is 4.69. The average molecular weight is 333 g/mol. The van der Waals surface area contributed by atoms with Crippen LogP contribution in [0, 0.1) is 5.92 Å². The molecule has 0 spiro atoms. The molecule has 2 amide bonds. The van der Waals surface area contributed by atoms with Gasteiger partial charge in [0.1, 0.15) is 6.33 Å². The van der Waals surface area contributed by atoms with Gasteiger partial charge in [0, 0.05) is 12.6 Å². The maximum Gasteiger partial charge on any atom is 0.321 e. The van der Waals surface area contributed by atoms with Gasteiger partial charge in [-0.2, -0.15) is 0 Å². The van der Waals surface area contributed by atoms with E-state index in [1.165, 1.54) is 32.1 Å². The van der Waals surface area contributed by atoms with Crippen LogP contribution in [0.2, 0.25) is 0 Å². The summed E-state index contributed by atoms with van der Waals surface area (Å²) in [7, 11) is 0. The number of hydrogen-bond donors (Lipinski definition) is 2. The molecule has 3 fully saturated rings. The first-order valence-electron chi connectivity index (χ1n) is 9.38. The summed E-state index contributed by atoms with van der Waals surface area (Å²) in [5.41, 5.74) is 0. The van der Waals surface area contributed by atoms with Gasteiger partial charge in [0.25, 0.3) is 0 Å². The van der Waals surface area contributed by atoms with Crippen molar-refractivity contribution in [1.29, 1.82) is 0 Å². The highest BCUT2D eigenvalue weighted by atomic mass is 16.5. The van der Waals surface area contributed by atoms with Crippen molar-refractivity contribution in [3.63, 3.8) is 0 Å². The van der Waals surface area contributed by atoms with Crippen LogP contribution in [-0.2, 0) is 4.74 Å². The molecule has 1 saturated heterocycles. The third-order valence-electron chi connectivity index (χ3n) is 5.48. The molecule has 2 saturated carbocycles. The van der Waals surface area contributed by atoms with Gasteiger partial charge in [-0.25, -0.2) is 14.5 Å². The first-order chi connectivity index (χ1) is 11.8. The van der Waals surface area contributed by atoms with Crippen LogP contribution in [0.1, 0.15) is 63.8 Å². The van der Waals surface area contributed by atoms with E-state index in [0.717, 1.165) is 32.3 Å². The molecule has 1 aromatic heterocycles. The zero-order valence-electron chi connectivity index (χ0n) is 14.1. The molecule has 1 aromatic rings. The number of anilines is 1. The first-order valence-corrected chi connectivity index (χ1v) is 9.38. The number of amides is 2. The lowest BCUT2D eigenvalue weighted by atomic mass is 9.96. The number of carbonyl (C=O) groups is 1. The van der Waals surface area contributed by atoms with Crippen molar-refractivity contribution < 1.29 is 9.53 Å². The molecule has 4 rings (SSSR count). The van der Waals surface area contributed by atoms with E-state index in [1.54, 1.807) is 6.33 Å². The van der Waals surface area contributed by atoms with Crippen molar-refractivity contribution in [3.8, 4) is 0 Å². The van der Waals surface area contributed by atoms with Crippen molar-refractivity contribution in [2.75, 3.05) is 11.9 Å². The summed E-state index contributed by atoms with van der Waals surface area (Å²) in [6.45, 7) is 0.737. The first kappa shape index (κ1) is 15.9. The molecule has 1 aliphatic heterocycles. The Hall–Kier alpha value is -1.63. The van der Waals surface area contributed by atoms with Gasteiger partial charge in [-0.05, 0) is 44.4 Å². The molecule has 24 heavy (non-hydrogen) atoms. The Labute approximate surface area is 142 Å². The molecule has 7 heteroatoms. The lowest BCUT2D eigenvalue weighted by Crippen LogP contribution is -2.44. The molecular weight excluding hydrogens is 306 g/mol. The third kappa shape index (κ3) is 3.88. The van der Waals surface area contributed by atoms with Crippen molar-refractivity contribution in [3.05, 3.63) is 6.33 Å². The molecule has 3 aliphatic rings. The fourth-order valence-electron chi connectivity index (χ4n) is 3.93. The van der Waals surface area contributed by atoms with Crippen LogP contribution in [-0.4, -0.2) is 39.5 Å². The highest BCUT2D eigenvalue weighted by Crippen LogP contribution is 2.38. The fourth-order valence-corrected chi connectivity index (χ4v) is 3.93. The van der Waals surface area contributed by atoms with Crippen LogP contribution in [0.25, 0.3) is 0 Å². The second-order valence-electron chi connectivity index (χ2n) is 7.41. The van der Waals surface area contributed by atoms with E-state index in [2.05, 4.69) is 20.7 Å². The van der Waals surface area contributed by atoms with Gasteiger partial charge < -0.3 is 10.1 Å². The molecule has 2 atom stereocenters. The zero-order chi connectivity index (χ0) is 16.4. The van der Waals surface area contributed by atoms with Crippen molar-refractivity contribution in [1.82, 2.24) is 20.1 Å². The highest BCUT2D eigenvalue weighted by Gasteiger charge is 2.36. The molecule has 0 bridgehead atoms. The molecular formula is C17H27N5O2. The summed E-state index contributed by atoms with van der Waals surface area (Å²) in [4.78, 5) is 16.4. The molecule has 0 radical (unpaired) electrons. The maximum absolute atomic E-state index is 12.2. The third-order valence-corrected chi connectivity index (χ3v) is 5.48. The van der Waals surface area contributed by atoms with E-state index < -0.39 is 0 Å². The van der Waals surface area contributed by atoms with Crippen LogP contribution < -0.4 is 10.6 Å². The van der Waals surface area contributed by atoms with Gasteiger partial charge in [-0.3, -0.25) is 5.32 Å². The summed E-state index contributed by atoms with van der Waals surface area (Å²) in [5, 5.41) is 10.3. The lowest BCUT2D eigenvalue weighted by molar-refractivity contribution is -0.00890. The Morgan fingerprint density at radius 2 is 2.00 bits per heavy atom. The number of aromatic nitrogens is 3. The van der Waals surface area contributed by atoms with E-state index in [-0.39, 0.29) is 12.1 Å². The standard InChI is InChI=1S/C17H27N5O2/c23-17(19-13-8-9-24-15(10-13)12-6-7-12)20-16-18-11-22(21-16)14-4-2-1-3-5-14/h11-15H,1-10H2,(H2,19,20,21,23)/t13-,15-/m1/s1. The second-order valence-corrected chi connectivity index (χ2v) is 7.41. The minimum absolute atomic E-state index is 0.185. The largest absolute Gasteiger partial charge is 0.378 e. The van der Waals surface area contributed by atoms with Crippen LogP contribution in [0.15, 0.2) is 6.33 Å². The Bertz CT molecular complexity index is 565. The fraction of sp³-hybridized carbons (Fsp3) is 0.824. The predicted octanol–water partition coefficient (Wildman–Crippen LogP) is 2.86. The van der Waals surface area contributed by atoms with E-state index >= 15 is 0 Å². The van der Waals surface area contributed by atoms with Crippen LogP contribution in [0.4, 0.5) is 10.7 Å². The molecule has 0 aromatic carbocycles. The van der Waals surface area contributed by atoms with Gasteiger partial charge in [-0.15, -0.1) is 5.10 Å². The highest BCUT2D eigenvalue weighted by molar-refractivity contribution is 5.87. The number of carbonyl (C=O) groups excluding carboxylic acids is 1. The van der Waals surface area contributed by atoms with Crippen molar-refractivity contribution in [2.24, 2.45) is 5.92 Å². The minimum atomic E-state index is -0.210. The average Bonchev–Trinajstić information content (AvgIpc) is 3.36. The smallest absolute Gasteiger partial charge is 0.321 e. The van der Waals surface area contributed by atoms with Crippen LogP contribution >= 0.6 is 0 Å². The zero-order valence-corrected chi connectivity index (χ0v) is 14.1. The normalized spacial score (nSPS) is 28.5. The number of ether oxygens (including phenoxy) is 1. The van der Waals surface area contributed by atoms with E-state index in [1.807, 2.05) is 4.68 Å². The Morgan fingerprint density at radius 3 is 2.79 bits per heavy atom. The van der Waals surface area contributed by atoms with E-state index in [0.29, 0.717) is 24.0 Å². The van der Waals surface area contributed by atoms with Gasteiger partial charge in [0.2, 0.25) is 5.95 Å². The second kappa shape index (κ2) is 7.09. The number of nitrogens with zero attached hydrogens (tertiary/aromatic N) is 3. The molecule has 7 nitrogen and oxygen atoms in total. The summed E-state index contributed by atoms with van der Waals surface area (Å²) < 4.78 is 7.71. The van der Waals surface area contributed by atoms with Crippen LogP contribution in [0.5, 0.6) is 0 Å². The number of nitrogens with one attached hydrogen (secondary N) is 2. The Morgan fingerprint density at radius 1 is 1.17 bits per heavy atom. The minimum Gasteiger partial charge on any atom is -0.378 e. The lowest BCUT2D eigenvalue weighted by Gasteiger charge is -2.30. The van der Waals surface area contributed by atoms with E-state index in [4.69, 9.17) is 4.74 Å². The maximum atomic E-state index is 12.2. The summed E-state index contributed by atoms with van der Waals surface area (Å²) in [5.74, 6) is 1.11. The SMILES string of the molecule is O=C(Nc1ncn(C2CCCCC2)n1)N[C@@H]1CCO[C@@H](C2CC2)C1. The molecule has 2 aliphatic carbocycles. The van der Waals surface area contributed by atoms with Gasteiger partial charge >= 0.3 is 6.03 Å². The quantitative estimate of drug-likeness (QED) is 0.888. The summed E-state index contributed by atoms with van der Waals surface area (Å²) in [6.07, 6.45) is 12.5. The number of rotatable bonds is 4. The molecule has 2 heterocycles. The van der Waals surface area contributed by atoms with Crippen molar-refractivity contribution >= 4 is 12.0 Å². The van der Waals surface area contributed by atoms with E-state index in [9.17, 15) is 4.79 Å². The molecule has 132 valence electrons. The number of hydrogen-bond acceptors (Lipinski definition) is 4. The summed E-state index contributed by atoms with van der Waals surface area (Å²) in [6, 6.07) is 0.405. The predicted molar refractivity (Wildman–Crippen MR) is 89.8 cm³/mol. The van der Waals surface area contributed by atoms with Crippen LogP contribution in [0.3, 0.4) is 0 Å². The number of urea groups is 1. The summed E-state index contributed by atoms with van der Waals surface area (Å²) >= 11 is 0. The Balaban J connectivity index is 1.27. The monoisotopic (exact) mass is 333 g/mol. The molecule has 0 unspecified atom stereocenters. The van der Waals surface area contributed by atoms with Gasteiger partial charge in [-0.1, -0.05) is 19.3 Å². The molecule has 2 N–H and O–H groups in total. The van der Waals surface area contributed by atoms with Crippen molar-refractivity contribution in [2.45, 2.75) is 76.0 Å².